The SMILES string of the molecule is CC(C)(C)c1nc(C(=O)NCc2ccc(-c3ccnc4[nH]nc(OC5CCNC5)c34)cc2F)no1. The van der Waals surface area contributed by atoms with E-state index in [0.29, 0.717) is 33.9 Å². The Morgan fingerprint density at radius 1 is 1.31 bits per heavy atom. The Labute approximate surface area is 200 Å². The molecule has 1 aliphatic heterocycles. The zero-order valence-corrected chi connectivity index (χ0v) is 19.7. The summed E-state index contributed by atoms with van der Waals surface area (Å²) in [5.74, 6) is -0.277. The second kappa shape index (κ2) is 9.06. The molecule has 1 saturated heterocycles. The Bertz CT molecular complexity index is 1370. The standard InChI is InChI=1S/C24H26FN7O3/c1-24(2,3)23-29-20(32-35-23)21(33)28-11-14-5-4-13(10-17(14)25)16-7-9-27-19-18(16)22(31-30-19)34-15-6-8-26-12-15/h4-5,7,9-10,15,26H,6,8,11-12H2,1-3H3,(H,28,33)(H,27,30,31). The number of hydrogen-bond donors (Lipinski definition) is 3. The summed E-state index contributed by atoms with van der Waals surface area (Å²) in [6.07, 6.45) is 2.55. The van der Waals surface area contributed by atoms with Gasteiger partial charge in [0.05, 0.1) is 5.39 Å². The third-order valence-corrected chi connectivity index (χ3v) is 5.80. The van der Waals surface area contributed by atoms with Crippen LogP contribution in [0.25, 0.3) is 22.2 Å². The quantitative estimate of drug-likeness (QED) is 0.385. The van der Waals surface area contributed by atoms with E-state index in [1.165, 1.54) is 6.07 Å². The Hall–Kier alpha value is -3.86. The fourth-order valence-electron chi connectivity index (χ4n) is 3.87. The first-order valence-corrected chi connectivity index (χ1v) is 11.4. The number of hydrogen-bond acceptors (Lipinski definition) is 8. The highest BCUT2D eigenvalue weighted by atomic mass is 19.1. The number of pyridine rings is 1. The molecular weight excluding hydrogens is 453 g/mol. The lowest BCUT2D eigenvalue weighted by atomic mass is 9.97. The number of aromatic amines is 1. The van der Waals surface area contributed by atoms with Crippen molar-refractivity contribution in [2.24, 2.45) is 0 Å². The molecule has 3 N–H and O–H groups in total. The molecule has 0 bridgehead atoms. The van der Waals surface area contributed by atoms with Crippen LogP contribution in [0, 0.1) is 5.82 Å². The van der Waals surface area contributed by atoms with Crippen LogP contribution in [0.4, 0.5) is 4.39 Å². The largest absolute Gasteiger partial charge is 0.471 e. The van der Waals surface area contributed by atoms with Crippen LogP contribution in [0.15, 0.2) is 35.0 Å². The molecule has 1 atom stereocenters. The van der Waals surface area contributed by atoms with Crippen molar-refractivity contribution in [2.45, 2.75) is 45.3 Å². The Kier molecular flexibility index (Phi) is 5.93. The second-order valence-corrected chi connectivity index (χ2v) is 9.51. The zero-order chi connectivity index (χ0) is 24.6. The molecule has 182 valence electrons. The molecular formula is C24H26FN7O3. The molecule has 1 aromatic carbocycles. The van der Waals surface area contributed by atoms with Crippen LogP contribution in [0.1, 0.15) is 49.3 Å². The van der Waals surface area contributed by atoms with E-state index in [2.05, 4.69) is 36.0 Å². The summed E-state index contributed by atoms with van der Waals surface area (Å²) in [6, 6.07) is 6.65. The molecule has 4 heterocycles. The predicted octanol–water partition coefficient (Wildman–Crippen LogP) is 3.12. The van der Waals surface area contributed by atoms with E-state index in [1.807, 2.05) is 20.8 Å². The van der Waals surface area contributed by atoms with E-state index in [4.69, 9.17) is 9.26 Å². The molecule has 3 aromatic heterocycles. The number of aromatic nitrogens is 5. The Morgan fingerprint density at radius 2 is 2.17 bits per heavy atom. The number of H-pyrrole nitrogens is 1. The number of carbonyl (C=O) groups is 1. The van der Waals surface area contributed by atoms with E-state index >= 15 is 4.39 Å². The van der Waals surface area contributed by atoms with Gasteiger partial charge in [-0.3, -0.25) is 9.89 Å². The van der Waals surface area contributed by atoms with Crippen LogP contribution in [-0.2, 0) is 12.0 Å². The third kappa shape index (κ3) is 4.72. The first-order chi connectivity index (χ1) is 16.8. The molecule has 11 heteroatoms. The molecule has 0 spiro atoms. The molecule has 0 radical (unpaired) electrons. The van der Waals surface area contributed by atoms with Gasteiger partial charge in [-0.1, -0.05) is 38.1 Å². The number of carbonyl (C=O) groups excluding carboxylic acids is 1. The number of nitrogens with one attached hydrogen (secondary N) is 3. The van der Waals surface area contributed by atoms with Gasteiger partial charge in [0, 0.05) is 30.3 Å². The van der Waals surface area contributed by atoms with Crippen molar-refractivity contribution in [1.82, 2.24) is 36.0 Å². The van der Waals surface area contributed by atoms with Crippen molar-refractivity contribution in [3.63, 3.8) is 0 Å². The van der Waals surface area contributed by atoms with Crippen LogP contribution in [0.3, 0.4) is 0 Å². The molecule has 10 nitrogen and oxygen atoms in total. The Balaban J connectivity index is 1.34. The van der Waals surface area contributed by atoms with Gasteiger partial charge in [-0.25, -0.2) is 9.37 Å². The van der Waals surface area contributed by atoms with E-state index in [9.17, 15) is 4.79 Å². The maximum absolute atomic E-state index is 15.0. The molecule has 4 aromatic rings. The van der Waals surface area contributed by atoms with Crippen molar-refractivity contribution < 1.29 is 18.4 Å². The average Bonchev–Trinajstić information content (AvgIpc) is 3.59. The molecule has 35 heavy (non-hydrogen) atoms. The van der Waals surface area contributed by atoms with Crippen molar-refractivity contribution >= 4 is 16.9 Å². The molecule has 1 unspecified atom stereocenters. The van der Waals surface area contributed by atoms with Gasteiger partial charge in [-0.05, 0) is 36.2 Å². The van der Waals surface area contributed by atoms with Crippen molar-refractivity contribution in [3.8, 4) is 17.0 Å². The number of amides is 1. The van der Waals surface area contributed by atoms with E-state index < -0.39 is 11.7 Å². The summed E-state index contributed by atoms with van der Waals surface area (Å²) < 4.78 is 26.2. The lowest BCUT2D eigenvalue weighted by molar-refractivity contribution is 0.0937. The van der Waals surface area contributed by atoms with Crippen molar-refractivity contribution in [2.75, 3.05) is 13.1 Å². The van der Waals surface area contributed by atoms with Crippen LogP contribution >= 0.6 is 0 Å². The van der Waals surface area contributed by atoms with Crippen molar-refractivity contribution in [3.05, 3.63) is 53.6 Å². The van der Waals surface area contributed by atoms with E-state index in [1.54, 1.807) is 24.4 Å². The van der Waals surface area contributed by atoms with Gasteiger partial charge in [-0.2, -0.15) is 4.98 Å². The highest BCUT2D eigenvalue weighted by Gasteiger charge is 2.24. The summed E-state index contributed by atoms with van der Waals surface area (Å²) >= 11 is 0. The highest BCUT2D eigenvalue weighted by Crippen LogP contribution is 2.34. The summed E-state index contributed by atoms with van der Waals surface area (Å²) in [5, 5.41) is 17.5. The maximum atomic E-state index is 15.0. The van der Waals surface area contributed by atoms with Gasteiger partial charge in [0.1, 0.15) is 11.9 Å². The molecule has 0 aliphatic carbocycles. The molecule has 1 fully saturated rings. The summed E-state index contributed by atoms with van der Waals surface area (Å²) in [6.45, 7) is 7.33. The normalized spacial score (nSPS) is 16.1. The molecule has 0 saturated carbocycles. The fourth-order valence-corrected chi connectivity index (χ4v) is 3.87. The number of rotatable bonds is 6. The molecule has 1 amide bonds. The van der Waals surface area contributed by atoms with Crippen molar-refractivity contribution in [1.29, 1.82) is 0 Å². The van der Waals surface area contributed by atoms with Gasteiger partial charge in [0.15, 0.2) is 5.65 Å². The van der Waals surface area contributed by atoms with Gasteiger partial charge >= 0.3 is 0 Å². The minimum Gasteiger partial charge on any atom is -0.471 e. The number of nitrogens with zero attached hydrogens (tertiary/aromatic N) is 4. The number of fused-ring (bicyclic) bond motifs is 1. The predicted molar refractivity (Wildman–Crippen MR) is 125 cm³/mol. The Morgan fingerprint density at radius 3 is 2.89 bits per heavy atom. The maximum Gasteiger partial charge on any atom is 0.292 e. The van der Waals surface area contributed by atoms with E-state index in [-0.39, 0.29) is 23.9 Å². The topological polar surface area (TPSA) is 131 Å². The summed E-state index contributed by atoms with van der Waals surface area (Å²) in [7, 11) is 0. The monoisotopic (exact) mass is 479 g/mol. The lowest BCUT2D eigenvalue weighted by Crippen LogP contribution is -2.24. The van der Waals surface area contributed by atoms with Gasteiger partial charge in [0.2, 0.25) is 11.8 Å². The third-order valence-electron chi connectivity index (χ3n) is 5.80. The average molecular weight is 480 g/mol. The minimum atomic E-state index is -0.537. The molecule has 1 aliphatic rings. The molecule has 5 rings (SSSR count). The van der Waals surface area contributed by atoms with Crippen LogP contribution in [0.2, 0.25) is 0 Å². The number of ether oxygens (including phenoxy) is 1. The first kappa shape index (κ1) is 22.9. The fraction of sp³-hybridized carbons (Fsp3) is 0.375. The van der Waals surface area contributed by atoms with Gasteiger partial charge < -0.3 is 19.9 Å². The minimum absolute atomic E-state index is 0.0230. The van der Waals surface area contributed by atoms with Crippen LogP contribution in [-0.4, -0.2) is 50.4 Å². The highest BCUT2D eigenvalue weighted by molar-refractivity contribution is 5.96. The second-order valence-electron chi connectivity index (χ2n) is 9.51. The van der Waals surface area contributed by atoms with E-state index in [0.717, 1.165) is 25.1 Å². The lowest BCUT2D eigenvalue weighted by Gasteiger charge is -2.12. The number of benzene rings is 1. The van der Waals surface area contributed by atoms with Gasteiger partial charge in [0.25, 0.3) is 11.7 Å². The smallest absolute Gasteiger partial charge is 0.292 e. The van der Waals surface area contributed by atoms with Crippen LogP contribution < -0.4 is 15.4 Å². The number of halogens is 1. The zero-order valence-electron chi connectivity index (χ0n) is 19.7. The summed E-state index contributed by atoms with van der Waals surface area (Å²) in [5.41, 5.74) is 1.91. The first-order valence-electron chi connectivity index (χ1n) is 11.4. The van der Waals surface area contributed by atoms with Crippen LogP contribution in [0.5, 0.6) is 5.88 Å². The summed E-state index contributed by atoms with van der Waals surface area (Å²) in [4.78, 5) is 20.8. The van der Waals surface area contributed by atoms with Gasteiger partial charge in [-0.15, -0.1) is 5.10 Å².